The molecular weight excluding hydrogens is 294 g/mol. The van der Waals surface area contributed by atoms with Gasteiger partial charge in [0.15, 0.2) is 5.76 Å². The Morgan fingerprint density at radius 2 is 2.22 bits per heavy atom. The third-order valence-electron chi connectivity index (χ3n) is 5.39. The second-order valence-corrected chi connectivity index (χ2v) is 7.35. The number of ether oxygens (including phenoxy) is 2. The quantitative estimate of drug-likeness (QED) is 0.706. The van der Waals surface area contributed by atoms with Gasteiger partial charge in [0, 0.05) is 19.1 Å². The third-order valence-corrected chi connectivity index (χ3v) is 5.39. The van der Waals surface area contributed by atoms with Gasteiger partial charge in [0.05, 0.1) is 6.61 Å². The van der Waals surface area contributed by atoms with E-state index in [1.807, 2.05) is 6.08 Å². The maximum Gasteiger partial charge on any atom is 0.286 e. The van der Waals surface area contributed by atoms with Gasteiger partial charge in [-0.15, -0.1) is 0 Å². The largest absolute Gasteiger partial charge is 0.459 e. The minimum atomic E-state index is -0.352. The average Bonchev–Trinajstić information content (AvgIpc) is 3.14. The molecule has 0 saturated heterocycles. The van der Waals surface area contributed by atoms with Crippen LogP contribution in [0.25, 0.3) is 0 Å². The average molecular weight is 323 g/mol. The molecule has 130 valence electrons. The monoisotopic (exact) mass is 323 g/mol. The first-order valence-electron chi connectivity index (χ1n) is 9.07. The van der Waals surface area contributed by atoms with E-state index in [0.717, 1.165) is 31.6 Å². The van der Waals surface area contributed by atoms with Gasteiger partial charge >= 0.3 is 0 Å². The van der Waals surface area contributed by atoms with Crippen molar-refractivity contribution < 1.29 is 19.4 Å². The van der Waals surface area contributed by atoms with Crippen LogP contribution < -0.4 is 5.32 Å². The Morgan fingerprint density at radius 1 is 1.35 bits per heavy atom. The molecule has 23 heavy (non-hydrogen) atoms. The zero-order valence-electron chi connectivity index (χ0n) is 14.0. The van der Waals surface area contributed by atoms with Crippen molar-refractivity contribution in [2.24, 2.45) is 17.8 Å². The standard InChI is InChI=1S/C18H29NO4/c1-12-8-16(23-17(9-12)22-7-3-2-6-20)18(21)19-15-11-13-4-5-14(15)10-13/h8,12-15,17,20H,2-7,9-11H2,1H3,(H,19,21)/t12-,13?,14?,15?,17+/m1/s1. The summed E-state index contributed by atoms with van der Waals surface area (Å²) < 4.78 is 11.5. The van der Waals surface area contributed by atoms with Crippen molar-refractivity contribution in [3.63, 3.8) is 0 Å². The van der Waals surface area contributed by atoms with Gasteiger partial charge in [0.2, 0.25) is 6.29 Å². The van der Waals surface area contributed by atoms with E-state index in [1.165, 1.54) is 19.3 Å². The van der Waals surface area contributed by atoms with Crippen molar-refractivity contribution in [3.05, 3.63) is 11.8 Å². The van der Waals surface area contributed by atoms with Gasteiger partial charge in [0.1, 0.15) is 0 Å². The van der Waals surface area contributed by atoms with Gasteiger partial charge in [-0.25, -0.2) is 0 Å². The molecule has 2 fully saturated rings. The SMILES string of the molecule is C[C@@H]1C=C(C(=O)NC2CC3CCC2C3)O[C@H](OCCCCO)C1. The van der Waals surface area contributed by atoms with Gasteiger partial charge in [-0.3, -0.25) is 4.79 Å². The summed E-state index contributed by atoms with van der Waals surface area (Å²) in [5.41, 5.74) is 0. The van der Waals surface area contributed by atoms with Crippen LogP contribution in [0.4, 0.5) is 0 Å². The second kappa shape index (κ2) is 7.67. The van der Waals surface area contributed by atoms with E-state index in [1.54, 1.807) is 0 Å². The Kier molecular flexibility index (Phi) is 5.59. The second-order valence-electron chi connectivity index (χ2n) is 7.35. The molecule has 3 aliphatic rings. The summed E-state index contributed by atoms with van der Waals surface area (Å²) in [5.74, 6) is 2.08. The number of carbonyl (C=O) groups is 1. The van der Waals surface area contributed by atoms with Crippen LogP contribution in [0.2, 0.25) is 0 Å². The molecule has 5 atom stereocenters. The molecule has 0 aromatic heterocycles. The Balaban J connectivity index is 1.48. The minimum absolute atomic E-state index is 0.0851. The zero-order valence-corrected chi connectivity index (χ0v) is 14.0. The molecule has 5 heteroatoms. The van der Waals surface area contributed by atoms with E-state index < -0.39 is 0 Å². The molecule has 2 bridgehead atoms. The van der Waals surface area contributed by atoms with Crippen LogP contribution >= 0.6 is 0 Å². The van der Waals surface area contributed by atoms with Gasteiger partial charge in [-0.2, -0.15) is 0 Å². The van der Waals surface area contributed by atoms with Crippen LogP contribution in [0, 0.1) is 17.8 Å². The highest BCUT2D eigenvalue weighted by molar-refractivity contribution is 5.91. The van der Waals surface area contributed by atoms with Crippen LogP contribution in [0.3, 0.4) is 0 Å². The molecule has 1 aliphatic heterocycles. The fourth-order valence-electron chi connectivity index (χ4n) is 4.18. The predicted molar refractivity (Wildman–Crippen MR) is 86.4 cm³/mol. The predicted octanol–water partition coefficient (Wildman–Crippen LogP) is 2.35. The number of unbranched alkanes of at least 4 members (excludes halogenated alkanes) is 1. The highest BCUT2D eigenvalue weighted by atomic mass is 16.7. The summed E-state index contributed by atoms with van der Waals surface area (Å²) in [5, 5.41) is 12.0. The van der Waals surface area contributed by atoms with E-state index in [-0.39, 0.29) is 24.7 Å². The molecule has 5 nitrogen and oxygen atoms in total. The number of carbonyl (C=O) groups excluding carboxylic acids is 1. The molecule has 1 heterocycles. The number of nitrogens with one attached hydrogen (secondary N) is 1. The number of hydrogen-bond acceptors (Lipinski definition) is 4. The van der Waals surface area contributed by atoms with Crippen LogP contribution in [0.1, 0.15) is 51.9 Å². The van der Waals surface area contributed by atoms with Crippen molar-refractivity contribution in [2.45, 2.75) is 64.2 Å². The molecule has 3 unspecified atom stereocenters. The van der Waals surface area contributed by atoms with Crippen molar-refractivity contribution in [1.29, 1.82) is 0 Å². The van der Waals surface area contributed by atoms with Crippen molar-refractivity contribution in [2.75, 3.05) is 13.2 Å². The maximum absolute atomic E-state index is 12.5. The Morgan fingerprint density at radius 3 is 2.91 bits per heavy atom. The highest BCUT2D eigenvalue weighted by Crippen LogP contribution is 2.44. The molecule has 2 N–H and O–H groups in total. The number of fused-ring (bicyclic) bond motifs is 2. The summed E-state index contributed by atoms with van der Waals surface area (Å²) >= 11 is 0. The fraction of sp³-hybridized carbons (Fsp3) is 0.833. The topological polar surface area (TPSA) is 67.8 Å². The minimum Gasteiger partial charge on any atom is -0.459 e. The summed E-state index contributed by atoms with van der Waals surface area (Å²) in [4.78, 5) is 12.5. The van der Waals surface area contributed by atoms with Crippen LogP contribution in [-0.2, 0) is 14.3 Å². The number of aliphatic hydroxyl groups is 1. The van der Waals surface area contributed by atoms with E-state index in [0.29, 0.717) is 24.3 Å². The Labute approximate surface area is 138 Å². The first-order valence-corrected chi connectivity index (χ1v) is 9.07. The molecule has 2 aliphatic carbocycles. The number of aliphatic hydroxyl groups excluding tert-OH is 1. The molecule has 3 rings (SSSR count). The van der Waals surface area contributed by atoms with Crippen LogP contribution in [0.5, 0.6) is 0 Å². The van der Waals surface area contributed by atoms with E-state index in [9.17, 15) is 4.79 Å². The Bertz CT molecular complexity index is 450. The maximum atomic E-state index is 12.5. The smallest absolute Gasteiger partial charge is 0.286 e. The van der Waals surface area contributed by atoms with Gasteiger partial charge in [-0.05, 0) is 55.9 Å². The lowest BCUT2D eigenvalue weighted by Gasteiger charge is -2.29. The van der Waals surface area contributed by atoms with Crippen LogP contribution in [-0.4, -0.2) is 36.6 Å². The molecule has 0 radical (unpaired) electrons. The molecule has 0 spiro atoms. The summed E-state index contributed by atoms with van der Waals surface area (Å²) in [6, 6.07) is 0.326. The number of rotatable bonds is 7. The molecule has 0 aromatic carbocycles. The van der Waals surface area contributed by atoms with E-state index in [2.05, 4.69) is 12.2 Å². The number of allylic oxidation sites excluding steroid dienone is 1. The molecular formula is C18H29NO4. The molecule has 0 aromatic rings. The number of hydrogen-bond donors (Lipinski definition) is 2. The highest BCUT2D eigenvalue weighted by Gasteiger charge is 2.40. The summed E-state index contributed by atoms with van der Waals surface area (Å²) in [6.45, 7) is 2.82. The van der Waals surface area contributed by atoms with E-state index in [4.69, 9.17) is 14.6 Å². The molecule has 2 saturated carbocycles. The fourth-order valence-corrected chi connectivity index (χ4v) is 4.18. The zero-order chi connectivity index (χ0) is 16.2. The molecule has 1 amide bonds. The van der Waals surface area contributed by atoms with Crippen LogP contribution in [0.15, 0.2) is 11.8 Å². The summed E-state index contributed by atoms with van der Waals surface area (Å²) in [7, 11) is 0. The lowest BCUT2D eigenvalue weighted by molar-refractivity contribution is -0.149. The van der Waals surface area contributed by atoms with Gasteiger partial charge < -0.3 is 19.9 Å². The van der Waals surface area contributed by atoms with Gasteiger partial charge in [-0.1, -0.05) is 13.3 Å². The number of amides is 1. The normalized spacial score (nSPS) is 35.7. The van der Waals surface area contributed by atoms with Gasteiger partial charge in [0.25, 0.3) is 5.91 Å². The first kappa shape index (κ1) is 16.8. The third kappa shape index (κ3) is 4.27. The lowest BCUT2D eigenvalue weighted by atomic mass is 9.95. The van der Waals surface area contributed by atoms with Crippen molar-refractivity contribution in [3.8, 4) is 0 Å². The lowest BCUT2D eigenvalue weighted by Crippen LogP contribution is -2.41. The first-order chi connectivity index (χ1) is 11.2. The summed E-state index contributed by atoms with van der Waals surface area (Å²) in [6.07, 6.45) is 8.85. The van der Waals surface area contributed by atoms with E-state index >= 15 is 0 Å². The van der Waals surface area contributed by atoms with Crippen molar-refractivity contribution >= 4 is 5.91 Å². The Hall–Kier alpha value is -1.07. The van der Waals surface area contributed by atoms with Crippen molar-refractivity contribution in [1.82, 2.24) is 5.32 Å².